The Morgan fingerprint density at radius 3 is 2.69 bits per heavy atom. The van der Waals surface area contributed by atoms with Crippen LogP contribution < -0.4 is 0 Å². The zero-order chi connectivity index (χ0) is 12.1. The van der Waals surface area contributed by atoms with Gasteiger partial charge in [-0.1, -0.05) is 0 Å². The van der Waals surface area contributed by atoms with E-state index in [1.807, 2.05) is 0 Å². The Morgan fingerprint density at radius 2 is 2.06 bits per heavy atom. The predicted molar refractivity (Wildman–Crippen MR) is 58.0 cm³/mol. The van der Waals surface area contributed by atoms with Crippen molar-refractivity contribution in [2.45, 2.75) is 19.9 Å². The van der Waals surface area contributed by atoms with Crippen LogP contribution >= 0.6 is 0 Å². The quantitative estimate of drug-likeness (QED) is 0.769. The largest absolute Gasteiger partial charge is 0.302 e. The number of halogens is 2. The van der Waals surface area contributed by atoms with E-state index in [0.29, 0.717) is 25.1 Å². The predicted octanol–water partition coefficient (Wildman–Crippen LogP) is 2.38. The van der Waals surface area contributed by atoms with E-state index in [2.05, 4.69) is 0 Å². The van der Waals surface area contributed by atoms with Gasteiger partial charge in [0.2, 0.25) is 0 Å². The van der Waals surface area contributed by atoms with Crippen LogP contribution in [0.25, 0.3) is 0 Å². The summed E-state index contributed by atoms with van der Waals surface area (Å²) in [5.41, 5.74) is 0.311. The summed E-state index contributed by atoms with van der Waals surface area (Å²) >= 11 is 0. The fourth-order valence-electron chi connectivity index (χ4n) is 1.38. The number of carbonyl (C=O) groups is 1. The highest BCUT2D eigenvalue weighted by Crippen LogP contribution is 2.11. The molecule has 16 heavy (non-hydrogen) atoms. The third-order valence-electron chi connectivity index (χ3n) is 2.29. The number of nitrogens with zero attached hydrogens (tertiary/aromatic N) is 1. The van der Waals surface area contributed by atoms with Gasteiger partial charge in [0.1, 0.15) is 17.4 Å². The van der Waals surface area contributed by atoms with Gasteiger partial charge in [0.05, 0.1) is 0 Å². The lowest BCUT2D eigenvalue weighted by molar-refractivity contribution is -0.117. The first-order valence-corrected chi connectivity index (χ1v) is 5.11. The van der Waals surface area contributed by atoms with Crippen LogP contribution in [-0.2, 0) is 11.3 Å². The molecule has 88 valence electrons. The molecule has 0 spiro atoms. The van der Waals surface area contributed by atoms with Gasteiger partial charge >= 0.3 is 0 Å². The van der Waals surface area contributed by atoms with Crippen molar-refractivity contribution in [2.75, 3.05) is 13.6 Å². The van der Waals surface area contributed by atoms with Gasteiger partial charge in [0.25, 0.3) is 0 Å². The summed E-state index contributed by atoms with van der Waals surface area (Å²) in [7, 11) is 1.77. The average Bonchev–Trinajstić information content (AvgIpc) is 2.20. The summed E-state index contributed by atoms with van der Waals surface area (Å²) in [6, 6.07) is 3.39. The molecule has 0 aliphatic carbocycles. The lowest BCUT2D eigenvalue weighted by Crippen LogP contribution is -2.21. The summed E-state index contributed by atoms with van der Waals surface area (Å²) in [4.78, 5) is 12.6. The van der Waals surface area contributed by atoms with Crippen LogP contribution in [0.1, 0.15) is 18.9 Å². The van der Waals surface area contributed by atoms with E-state index in [0.717, 1.165) is 12.1 Å². The molecular weight excluding hydrogens is 212 g/mol. The van der Waals surface area contributed by atoms with Crippen LogP contribution in [0.2, 0.25) is 0 Å². The van der Waals surface area contributed by atoms with Crippen LogP contribution in [-0.4, -0.2) is 24.3 Å². The molecule has 0 N–H and O–H groups in total. The van der Waals surface area contributed by atoms with E-state index in [9.17, 15) is 13.6 Å². The van der Waals surface area contributed by atoms with Crippen molar-refractivity contribution in [1.82, 2.24) is 4.90 Å². The van der Waals surface area contributed by atoms with Gasteiger partial charge < -0.3 is 4.90 Å². The molecule has 1 aromatic carbocycles. The van der Waals surface area contributed by atoms with E-state index in [1.165, 1.54) is 13.0 Å². The second-order valence-corrected chi connectivity index (χ2v) is 3.93. The molecule has 0 unspecified atom stereocenters. The first kappa shape index (κ1) is 12.8. The molecular formula is C12H15F2NO. The Morgan fingerprint density at radius 1 is 1.38 bits per heavy atom. The summed E-state index contributed by atoms with van der Waals surface area (Å²) in [6.07, 6.45) is 0.424. The van der Waals surface area contributed by atoms with Crippen LogP contribution in [0.3, 0.4) is 0 Å². The molecule has 0 aliphatic heterocycles. The van der Waals surface area contributed by atoms with E-state index in [1.54, 1.807) is 11.9 Å². The molecule has 1 rings (SSSR count). The fourth-order valence-corrected chi connectivity index (χ4v) is 1.38. The molecule has 1 aromatic rings. The number of hydrogen-bond acceptors (Lipinski definition) is 2. The maximum Gasteiger partial charge on any atom is 0.131 e. The molecule has 0 saturated carbocycles. The summed E-state index contributed by atoms with van der Waals surface area (Å²) in [5, 5.41) is 0. The zero-order valence-corrected chi connectivity index (χ0v) is 9.46. The second-order valence-electron chi connectivity index (χ2n) is 3.93. The van der Waals surface area contributed by atoms with Crippen molar-refractivity contribution in [2.24, 2.45) is 0 Å². The Kier molecular flexibility index (Phi) is 4.55. The Hall–Kier alpha value is -1.29. The lowest BCUT2D eigenvalue weighted by atomic mass is 10.2. The monoisotopic (exact) mass is 227 g/mol. The number of Topliss-reactive ketones (excluding diaryl/α,β-unsaturated/α-hetero) is 1. The van der Waals surface area contributed by atoms with Gasteiger partial charge in [-0.15, -0.1) is 0 Å². The molecule has 0 saturated heterocycles. The van der Waals surface area contributed by atoms with Crippen molar-refractivity contribution < 1.29 is 13.6 Å². The van der Waals surface area contributed by atoms with Gasteiger partial charge in [-0.25, -0.2) is 8.78 Å². The number of benzene rings is 1. The highest BCUT2D eigenvalue weighted by Gasteiger charge is 2.07. The Labute approximate surface area is 93.9 Å². The van der Waals surface area contributed by atoms with Crippen LogP contribution in [0.15, 0.2) is 18.2 Å². The molecule has 0 amide bonds. The number of hydrogen-bond donors (Lipinski definition) is 0. The van der Waals surface area contributed by atoms with Gasteiger partial charge in [-0.3, -0.25) is 4.79 Å². The molecule has 0 bridgehead atoms. The second kappa shape index (κ2) is 5.70. The maximum atomic E-state index is 13.3. The highest BCUT2D eigenvalue weighted by atomic mass is 19.1. The van der Waals surface area contributed by atoms with Crippen molar-refractivity contribution in [3.63, 3.8) is 0 Å². The number of rotatable bonds is 5. The Balaban J connectivity index is 2.58. The number of carbonyl (C=O) groups excluding carboxylic acids is 1. The summed E-state index contributed by atoms with van der Waals surface area (Å²) < 4.78 is 26.1. The minimum Gasteiger partial charge on any atom is -0.302 e. The molecule has 4 heteroatoms. The first-order valence-electron chi connectivity index (χ1n) is 5.11. The van der Waals surface area contributed by atoms with Crippen LogP contribution in [0.5, 0.6) is 0 Å². The molecule has 0 aliphatic rings. The zero-order valence-electron chi connectivity index (χ0n) is 9.46. The highest BCUT2D eigenvalue weighted by molar-refractivity contribution is 5.75. The third-order valence-corrected chi connectivity index (χ3v) is 2.29. The first-order chi connectivity index (χ1) is 7.49. The van der Waals surface area contributed by atoms with E-state index in [-0.39, 0.29) is 5.78 Å². The topological polar surface area (TPSA) is 20.3 Å². The Bertz CT molecular complexity index is 379. The molecule has 0 atom stereocenters. The van der Waals surface area contributed by atoms with E-state index >= 15 is 0 Å². The van der Waals surface area contributed by atoms with Crippen molar-refractivity contribution in [3.05, 3.63) is 35.4 Å². The van der Waals surface area contributed by atoms with Gasteiger partial charge in [-0.05, 0) is 32.2 Å². The average molecular weight is 227 g/mol. The molecule has 0 aromatic heterocycles. The molecule has 0 fully saturated rings. The standard InChI is InChI=1S/C12H15F2NO/c1-9(16)5-6-15(2)8-10-7-11(13)3-4-12(10)14/h3-4,7H,5-6,8H2,1-2H3. The molecule has 0 heterocycles. The lowest BCUT2D eigenvalue weighted by Gasteiger charge is -2.16. The number of ketones is 1. The minimum absolute atomic E-state index is 0.0894. The summed E-state index contributed by atoms with van der Waals surface area (Å²) in [6.45, 7) is 2.36. The van der Waals surface area contributed by atoms with Crippen molar-refractivity contribution >= 4 is 5.78 Å². The van der Waals surface area contributed by atoms with Crippen molar-refractivity contribution in [1.29, 1.82) is 0 Å². The minimum atomic E-state index is -0.448. The normalized spacial score (nSPS) is 10.8. The smallest absolute Gasteiger partial charge is 0.131 e. The van der Waals surface area contributed by atoms with E-state index in [4.69, 9.17) is 0 Å². The van der Waals surface area contributed by atoms with Gasteiger partial charge in [-0.2, -0.15) is 0 Å². The van der Waals surface area contributed by atoms with Crippen LogP contribution in [0, 0.1) is 11.6 Å². The van der Waals surface area contributed by atoms with E-state index < -0.39 is 11.6 Å². The SMILES string of the molecule is CC(=O)CCN(C)Cc1cc(F)ccc1F. The van der Waals surface area contributed by atoms with Gasteiger partial charge in [0, 0.05) is 25.1 Å². The fraction of sp³-hybridized carbons (Fsp3) is 0.417. The molecule has 0 radical (unpaired) electrons. The molecule has 2 nitrogen and oxygen atoms in total. The maximum absolute atomic E-state index is 13.3. The van der Waals surface area contributed by atoms with Crippen molar-refractivity contribution in [3.8, 4) is 0 Å². The third kappa shape index (κ3) is 4.06. The van der Waals surface area contributed by atoms with Gasteiger partial charge in [0.15, 0.2) is 0 Å². The van der Waals surface area contributed by atoms with Crippen LogP contribution in [0.4, 0.5) is 8.78 Å². The summed E-state index contributed by atoms with van der Waals surface area (Å²) in [5.74, 6) is -0.779.